The lowest BCUT2D eigenvalue weighted by Gasteiger charge is -2.16. The molecule has 9 heteroatoms. The molecule has 2 aromatic carbocycles. The molecule has 0 aromatic heterocycles. The van der Waals surface area contributed by atoms with Crippen molar-refractivity contribution in [2.45, 2.75) is 18.7 Å². The number of methoxy groups -OCH3 is 1. The Morgan fingerprint density at radius 1 is 1.14 bits per heavy atom. The Labute approximate surface area is 164 Å². The van der Waals surface area contributed by atoms with Crippen molar-refractivity contribution in [1.29, 1.82) is 0 Å². The number of primary amides is 1. The van der Waals surface area contributed by atoms with E-state index in [0.29, 0.717) is 22.8 Å². The first kappa shape index (κ1) is 21.2. The summed E-state index contributed by atoms with van der Waals surface area (Å²) in [7, 11) is -0.932. The van der Waals surface area contributed by atoms with E-state index < -0.39 is 15.9 Å². The predicted molar refractivity (Wildman–Crippen MR) is 106 cm³/mol. The Bertz CT molecular complexity index is 985. The maximum Gasteiger partial charge on any atom is 0.278 e. The summed E-state index contributed by atoms with van der Waals surface area (Å²) in [6.07, 6.45) is 0. The molecule has 8 nitrogen and oxygen atoms in total. The van der Waals surface area contributed by atoms with Crippen LogP contribution in [-0.4, -0.2) is 45.2 Å². The molecule has 0 saturated heterocycles. The van der Waals surface area contributed by atoms with Crippen molar-refractivity contribution in [3.05, 3.63) is 53.6 Å². The molecule has 0 radical (unpaired) electrons. The van der Waals surface area contributed by atoms with Crippen molar-refractivity contribution in [2.75, 3.05) is 20.8 Å². The standard InChI is InChI=1S/C19H23N3O5S/c1-13-5-8-16(9-6-13)28(24,25)22(3)21-14(2)15-7-10-17(18(11-15)26-4)27-12-19(20)23/h5-11H,12H2,1-4H3,(H2,20,23). The van der Waals surface area contributed by atoms with Crippen LogP contribution in [0, 0.1) is 6.92 Å². The number of nitrogens with zero attached hydrogens (tertiary/aromatic N) is 2. The topological polar surface area (TPSA) is 111 Å². The molecule has 0 spiro atoms. The Balaban J connectivity index is 2.28. The molecule has 0 atom stereocenters. The fourth-order valence-corrected chi connectivity index (χ4v) is 3.36. The number of carbonyl (C=O) groups excluding carboxylic acids is 1. The second-order valence-corrected chi connectivity index (χ2v) is 8.01. The maximum absolute atomic E-state index is 12.7. The fourth-order valence-electron chi connectivity index (χ4n) is 2.35. The molecular weight excluding hydrogens is 382 g/mol. The Kier molecular flexibility index (Phi) is 6.63. The van der Waals surface area contributed by atoms with Gasteiger partial charge in [-0.15, -0.1) is 0 Å². The van der Waals surface area contributed by atoms with Crippen molar-refractivity contribution in [3.63, 3.8) is 0 Å². The summed E-state index contributed by atoms with van der Waals surface area (Å²) in [6.45, 7) is 3.28. The number of aryl methyl sites for hydroxylation is 1. The highest BCUT2D eigenvalue weighted by atomic mass is 32.2. The molecule has 2 aromatic rings. The molecule has 2 rings (SSSR count). The van der Waals surface area contributed by atoms with Gasteiger partial charge in [-0.25, -0.2) is 0 Å². The second-order valence-electron chi connectivity index (χ2n) is 6.06. The van der Waals surface area contributed by atoms with Gasteiger partial charge >= 0.3 is 0 Å². The number of nitrogens with two attached hydrogens (primary N) is 1. The molecule has 0 heterocycles. The maximum atomic E-state index is 12.7. The second kappa shape index (κ2) is 8.75. The van der Waals surface area contributed by atoms with Crippen LogP contribution in [0.1, 0.15) is 18.1 Å². The summed E-state index contributed by atoms with van der Waals surface area (Å²) < 4.78 is 36.8. The number of hydrogen-bond acceptors (Lipinski definition) is 6. The van der Waals surface area contributed by atoms with E-state index in [0.717, 1.165) is 9.98 Å². The number of benzene rings is 2. The molecule has 150 valence electrons. The van der Waals surface area contributed by atoms with E-state index in [1.54, 1.807) is 49.4 Å². The van der Waals surface area contributed by atoms with Crippen LogP contribution in [0.5, 0.6) is 11.5 Å². The molecule has 1 amide bonds. The van der Waals surface area contributed by atoms with Gasteiger partial charge in [0, 0.05) is 12.6 Å². The first-order chi connectivity index (χ1) is 13.1. The predicted octanol–water partition coefficient (Wildman–Crippen LogP) is 1.91. The minimum atomic E-state index is -3.76. The molecule has 0 aliphatic carbocycles. The third kappa shape index (κ3) is 5.01. The van der Waals surface area contributed by atoms with E-state index >= 15 is 0 Å². The number of amides is 1. The highest BCUT2D eigenvalue weighted by Crippen LogP contribution is 2.28. The minimum Gasteiger partial charge on any atom is -0.493 e. The number of ether oxygens (including phenoxy) is 2. The smallest absolute Gasteiger partial charge is 0.278 e. The van der Waals surface area contributed by atoms with E-state index in [1.807, 2.05) is 6.92 Å². The van der Waals surface area contributed by atoms with E-state index in [4.69, 9.17) is 15.2 Å². The molecule has 2 N–H and O–H groups in total. The number of rotatable bonds is 8. The summed E-state index contributed by atoms with van der Waals surface area (Å²) in [5.74, 6) is 0.114. The molecule has 0 aliphatic rings. The number of hydrogen-bond donors (Lipinski definition) is 1. The first-order valence-electron chi connectivity index (χ1n) is 8.35. The van der Waals surface area contributed by atoms with Gasteiger partial charge in [-0.3, -0.25) is 4.79 Å². The van der Waals surface area contributed by atoms with Crippen LogP contribution in [0.3, 0.4) is 0 Å². The van der Waals surface area contributed by atoms with Crippen LogP contribution in [0.15, 0.2) is 52.5 Å². The van der Waals surface area contributed by atoms with Gasteiger partial charge in [0.25, 0.3) is 15.9 Å². The van der Waals surface area contributed by atoms with Gasteiger partial charge in [0.1, 0.15) is 0 Å². The lowest BCUT2D eigenvalue weighted by molar-refractivity contribution is -0.119. The zero-order valence-corrected chi connectivity index (χ0v) is 17.0. The quantitative estimate of drug-likeness (QED) is 0.533. The fraction of sp³-hybridized carbons (Fsp3) is 0.263. The van der Waals surface area contributed by atoms with Crippen molar-refractivity contribution >= 4 is 21.6 Å². The van der Waals surface area contributed by atoms with Gasteiger partial charge in [0.15, 0.2) is 18.1 Å². The molecular formula is C19H23N3O5S. The van der Waals surface area contributed by atoms with Crippen LogP contribution in [0.2, 0.25) is 0 Å². The third-order valence-corrected chi connectivity index (χ3v) is 5.55. The number of hydrazone groups is 1. The zero-order chi connectivity index (χ0) is 20.9. The van der Waals surface area contributed by atoms with Crippen LogP contribution >= 0.6 is 0 Å². The normalized spacial score (nSPS) is 11.8. The Morgan fingerprint density at radius 3 is 2.36 bits per heavy atom. The van der Waals surface area contributed by atoms with Crippen LogP contribution in [0.4, 0.5) is 0 Å². The molecule has 28 heavy (non-hydrogen) atoms. The summed E-state index contributed by atoms with van der Waals surface area (Å²) in [5, 5.41) is 4.19. The number of sulfonamides is 1. The summed E-state index contributed by atoms with van der Waals surface area (Å²) in [6, 6.07) is 11.5. The highest BCUT2D eigenvalue weighted by molar-refractivity contribution is 7.89. The van der Waals surface area contributed by atoms with Crippen molar-refractivity contribution in [1.82, 2.24) is 4.41 Å². The molecule has 0 bridgehead atoms. The summed E-state index contributed by atoms with van der Waals surface area (Å²) >= 11 is 0. The van der Waals surface area contributed by atoms with Crippen LogP contribution < -0.4 is 15.2 Å². The zero-order valence-electron chi connectivity index (χ0n) is 16.2. The van der Waals surface area contributed by atoms with Gasteiger partial charge < -0.3 is 15.2 Å². The molecule has 0 unspecified atom stereocenters. The van der Waals surface area contributed by atoms with E-state index in [-0.39, 0.29) is 11.5 Å². The van der Waals surface area contributed by atoms with Gasteiger partial charge in [-0.1, -0.05) is 17.7 Å². The van der Waals surface area contributed by atoms with Crippen molar-refractivity contribution < 1.29 is 22.7 Å². The lowest BCUT2D eigenvalue weighted by atomic mass is 10.1. The Morgan fingerprint density at radius 2 is 1.79 bits per heavy atom. The molecule has 0 aliphatic heterocycles. The lowest BCUT2D eigenvalue weighted by Crippen LogP contribution is -2.23. The average Bonchev–Trinajstić information content (AvgIpc) is 2.66. The Hall–Kier alpha value is -3.07. The summed E-state index contributed by atoms with van der Waals surface area (Å²) in [4.78, 5) is 11.0. The SMILES string of the molecule is COc1cc(C(C)=NN(C)S(=O)(=O)c2ccc(C)cc2)ccc1OCC(N)=O. The van der Waals surface area contributed by atoms with Gasteiger partial charge in [0.2, 0.25) is 0 Å². The highest BCUT2D eigenvalue weighted by Gasteiger charge is 2.20. The van der Waals surface area contributed by atoms with Gasteiger partial charge in [0.05, 0.1) is 17.7 Å². The van der Waals surface area contributed by atoms with Gasteiger partial charge in [-0.05, 0) is 44.2 Å². The van der Waals surface area contributed by atoms with Gasteiger partial charge in [-0.2, -0.15) is 17.9 Å². The molecule has 0 saturated carbocycles. The van der Waals surface area contributed by atoms with E-state index in [2.05, 4.69) is 5.10 Å². The molecule has 0 fully saturated rings. The van der Waals surface area contributed by atoms with Crippen LogP contribution in [-0.2, 0) is 14.8 Å². The van der Waals surface area contributed by atoms with Crippen molar-refractivity contribution in [2.24, 2.45) is 10.8 Å². The van der Waals surface area contributed by atoms with Crippen LogP contribution in [0.25, 0.3) is 0 Å². The van der Waals surface area contributed by atoms with E-state index in [9.17, 15) is 13.2 Å². The average molecular weight is 405 g/mol. The van der Waals surface area contributed by atoms with E-state index in [1.165, 1.54) is 14.2 Å². The van der Waals surface area contributed by atoms with Crippen molar-refractivity contribution in [3.8, 4) is 11.5 Å². The third-order valence-electron chi connectivity index (χ3n) is 3.91. The largest absolute Gasteiger partial charge is 0.493 e. The number of carbonyl (C=O) groups is 1. The monoisotopic (exact) mass is 405 g/mol. The first-order valence-corrected chi connectivity index (χ1v) is 9.79. The summed E-state index contributed by atoms with van der Waals surface area (Å²) in [5.41, 5.74) is 7.13. The minimum absolute atomic E-state index is 0.157.